The summed E-state index contributed by atoms with van der Waals surface area (Å²) < 4.78 is 0. The predicted octanol–water partition coefficient (Wildman–Crippen LogP) is 3.68. The van der Waals surface area contributed by atoms with Gasteiger partial charge in [-0.25, -0.2) is 0 Å². The van der Waals surface area contributed by atoms with E-state index < -0.39 is 0 Å². The number of aryl methyl sites for hydroxylation is 2. The number of hydrogen-bond donors (Lipinski definition) is 1. The predicted molar refractivity (Wildman–Crippen MR) is 64.0 cm³/mol. The molecule has 0 amide bonds. The molecule has 0 spiro atoms. The Morgan fingerprint density at radius 3 is 2.00 bits per heavy atom. The minimum atomic E-state index is 0.692. The van der Waals surface area contributed by atoms with Crippen LogP contribution in [0.1, 0.15) is 30.5 Å². The topological polar surface area (TPSA) is 12.0 Å². The van der Waals surface area contributed by atoms with Crippen molar-refractivity contribution in [3.63, 3.8) is 0 Å². The molecular weight excluding hydrogens is 170 g/mol. The molecule has 0 aliphatic heterocycles. The van der Waals surface area contributed by atoms with E-state index in [2.05, 4.69) is 52.1 Å². The van der Waals surface area contributed by atoms with Crippen molar-refractivity contribution in [2.24, 2.45) is 5.92 Å². The fourth-order valence-electron chi connectivity index (χ4n) is 1.46. The van der Waals surface area contributed by atoms with Crippen molar-refractivity contribution >= 4 is 5.69 Å². The molecule has 0 aliphatic carbocycles. The van der Waals surface area contributed by atoms with Crippen LogP contribution in [0.25, 0.3) is 0 Å². The standard InChI is InChI=1S/C13H21N/c1-9(2)8-14-13-6-10(3)12(5)11(4)7-13/h6-7,9,14H,8H2,1-5H3. The molecule has 0 heterocycles. The first-order chi connectivity index (χ1) is 6.50. The van der Waals surface area contributed by atoms with Gasteiger partial charge in [0.25, 0.3) is 0 Å². The fourth-order valence-corrected chi connectivity index (χ4v) is 1.46. The second kappa shape index (κ2) is 4.50. The number of rotatable bonds is 3. The van der Waals surface area contributed by atoms with Gasteiger partial charge in [0, 0.05) is 12.2 Å². The highest BCUT2D eigenvalue weighted by atomic mass is 14.9. The van der Waals surface area contributed by atoms with Crippen molar-refractivity contribution in [1.82, 2.24) is 0 Å². The third kappa shape index (κ3) is 2.76. The zero-order chi connectivity index (χ0) is 10.7. The second-order valence-corrected chi connectivity index (χ2v) is 4.51. The second-order valence-electron chi connectivity index (χ2n) is 4.51. The van der Waals surface area contributed by atoms with Crippen molar-refractivity contribution in [3.8, 4) is 0 Å². The first-order valence-corrected chi connectivity index (χ1v) is 5.32. The molecule has 1 nitrogen and oxygen atoms in total. The summed E-state index contributed by atoms with van der Waals surface area (Å²) in [6, 6.07) is 4.45. The lowest BCUT2D eigenvalue weighted by Crippen LogP contribution is -2.08. The summed E-state index contributed by atoms with van der Waals surface area (Å²) in [5.74, 6) is 0.692. The molecule has 0 aromatic heterocycles. The van der Waals surface area contributed by atoms with E-state index in [0.29, 0.717) is 5.92 Å². The van der Waals surface area contributed by atoms with Crippen LogP contribution in [-0.2, 0) is 0 Å². The van der Waals surface area contributed by atoms with E-state index in [4.69, 9.17) is 0 Å². The van der Waals surface area contributed by atoms with E-state index in [-0.39, 0.29) is 0 Å². The van der Waals surface area contributed by atoms with Crippen molar-refractivity contribution < 1.29 is 0 Å². The quantitative estimate of drug-likeness (QED) is 0.768. The number of hydrogen-bond acceptors (Lipinski definition) is 1. The highest BCUT2D eigenvalue weighted by Crippen LogP contribution is 2.19. The Balaban J connectivity index is 2.79. The molecule has 1 aromatic rings. The highest BCUT2D eigenvalue weighted by molar-refractivity contribution is 5.51. The number of anilines is 1. The number of benzene rings is 1. The third-order valence-electron chi connectivity index (χ3n) is 2.64. The van der Waals surface area contributed by atoms with Crippen LogP contribution in [0.2, 0.25) is 0 Å². The van der Waals surface area contributed by atoms with Crippen molar-refractivity contribution in [2.75, 3.05) is 11.9 Å². The molecule has 1 rings (SSSR count). The molecule has 1 N–H and O–H groups in total. The minimum Gasteiger partial charge on any atom is -0.385 e. The van der Waals surface area contributed by atoms with Crippen molar-refractivity contribution in [2.45, 2.75) is 34.6 Å². The summed E-state index contributed by atoms with van der Waals surface area (Å²) in [4.78, 5) is 0. The molecule has 0 fully saturated rings. The number of nitrogens with one attached hydrogen (secondary N) is 1. The van der Waals surface area contributed by atoms with Crippen LogP contribution in [-0.4, -0.2) is 6.54 Å². The molecule has 0 atom stereocenters. The SMILES string of the molecule is Cc1cc(NCC(C)C)cc(C)c1C. The van der Waals surface area contributed by atoms with Crippen LogP contribution in [0.15, 0.2) is 12.1 Å². The Morgan fingerprint density at radius 2 is 1.57 bits per heavy atom. The normalized spacial score (nSPS) is 10.7. The Kier molecular flexibility index (Phi) is 3.56. The summed E-state index contributed by atoms with van der Waals surface area (Å²) in [6.45, 7) is 12.0. The fraction of sp³-hybridized carbons (Fsp3) is 0.538. The maximum Gasteiger partial charge on any atom is 0.0345 e. The van der Waals surface area contributed by atoms with Gasteiger partial charge in [-0.3, -0.25) is 0 Å². The Morgan fingerprint density at radius 1 is 1.07 bits per heavy atom. The van der Waals surface area contributed by atoms with Gasteiger partial charge in [-0.15, -0.1) is 0 Å². The van der Waals surface area contributed by atoms with Gasteiger partial charge in [-0.05, 0) is 55.5 Å². The third-order valence-corrected chi connectivity index (χ3v) is 2.64. The monoisotopic (exact) mass is 191 g/mol. The summed E-state index contributed by atoms with van der Waals surface area (Å²) >= 11 is 0. The van der Waals surface area contributed by atoms with Gasteiger partial charge in [-0.2, -0.15) is 0 Å². The van der Waals surface area contributed by atoms with Crippen molar-refractivity contribution in [3.05, 3.63) is 28.8 Å². The van der Waals surface area contributed by atoms with Gasteiger partial charge in [0.15, 0.2) is 0 Å². The summed E-state index contributed by atoms with van der Waals surface area (Å²) in [5, 5.41) is 3.45. The molecule has 1 heteroatoms. The van der Waals surface area contributed by atoms with E-state index >= 15 is 0 Å². The molecule has 0 aliphatic rings. The van der Waals surface area contributed by atoms with Gasteiger partial charge >= 0.3 is 0 Å². The van der Waals surface area contributed by atoms with Gasteiger partial charge < -0.3 is 5.32 Å². The lowest BCUT2D eigenvalue weighted by atomic mass is 10.0. The molecule has 0 saturated carbocycles. The van der Waals surface area contributed by atoms with E-state index in [0.717, 1.165) is 6.54 Å². The molecule has 78 valence electrons. The van der Waals surface area contributed by atoms with Gasteiger partial charge in [0.05, 0.1) is 0 Å². The molecule has 0 bridgehead atoms. The van der Waals surface area contributed by atoms with Gasteiger partial charge in [-0.1, -0.05) is 13.8 Å². The largest absolute Gasteiger partial charge is 0.385 e. The Bertz CT molecular complexity index is 290. The molecule has 0 radical (unpaired) electrons. The van der Waals surface area contributed by atoms with Crippen LogP contribution in [0, 0.1) is 26.7 Å². The smallest absolute Gasteiger partial charge is 0.0345 e. The Hall–Kier alpha value is -0.980. The maximum absolute atomic E-state index is 3.45. The summed E-state index contributed by atoms with van der Waals surface area (Å²) in [5.41, 5.74) is 5.40. The van der Waals surface area contributed by atoms with Crippen LogP contribution in [0.5, 0.6) is 0 Å². The van der Waals surface area contributed by atoms with Crippen molar-refractivity contribution in [1.29, 1.82) is 0 Å². The molecule has 1 aromatic carbocycles. The van der Waals surface area contributed by atoms with Crippen LogP contribution in [0.3, 0.4) is 0 Å². The van der Waals surface area contributed by atoms with E-state index in [1.165, 1.54) is 22.4 Å². The van der Waals surface area contributed by atoms with E-state index in [9.17, 15) is 0 Å². The molecule has 14 heavy (non-hydrogen) atoms. The van der Waals surface area contributed by atoms with E-state index in [1.54, 1.807) is 0 Å². The first kappa shape index (κ1) is 11.1. The molecule has 0 unspecified atom stereocenters. The average Bonchev–Trinajstić information content (AvgIpc) is 2.10. The maximum atomic E-state index is 3.45. The summed E-state index contributed by atoms with van der Waals surface area (Å²) in [6.07, 6.45) is 0. The van der Waals surface area contributed by atoms with Crippen LogP contribution < -0.4 is 5.32 Å². The highest BCUT2D eigenvalue weighted by Gasteiger charge is 2.01. The van der Waals surface area contributed by atoms with Crippen LogP contribution >= 0.6 is 0 Å². The van der Waals surface area contributed by atoms with Crippen LogP contribution in [0.4, 0.5) is 5.69 Å². The minimum absolute atomic E-state index is 0.692. The zero-order valence-electron chi connectivity index (χ0n) is 9.94. The van der Waals surface area contributed by atoms with Gasteiger partial charge in [0.1, 0.15) is 0 Å². The Labute approximate surface area is 87.5 Å². The zero-order valence-corrected chi connectivity index (χ0v) is 9.94. The summed E-state index contributed by atoms with van der Waals surface area (Å²) in [7, 11) is 0. The van der Waals surface area contributed by atoms with E-state index in [1.807, 2.05) is 0 Å². The average molecular weight is 191 g/mol. The molecular formula is C13H21N. The van der Waals surface area contributed by atoms with Gasteiger partial charge in [0.2, 0.25) is 0 Å². The molecule has 0 saturated heterocycles. The first-order valence-electron chi connectivity index (χ1n) is 5.32. The lowest BCUT2D eigenvalue weighted by molar-refractivity contribution is 0.689. The lowest BCUT2D eigenvalue weighted by Gasteiger charge is -2.12.